The van der Waals surface area contributed by atoms with Crippen LogP contribution < -0.4 is 5.32 Å². The summed E-state index contributed by atoms with van der Waals surface area (Å²) in [6.07, 6.45) is 1.85. The number of hydrogen-bond acceptors (Lipinski definition) is 2. The molecule has 1 N–H and O–H groups in total. The molecular weight excluding hydrogens is 148 g/mol. The molecule has 2 nitrogen and oxygen atoms in total. The lowest BCUT2D eigenvalue weighted by atomic mass is 10.1. The summed E-state index contributed by atoms with van der Waals surface area (Å²) in [6, 6.07) is 4.17. The highest BCUT2D eigenvalue weighted by Crippen LogP contribution is 2.15. The van der Waals surface area contributed by atoms with Crippen molar-refractivity contribution in [2.24, 2.45) is 0 Å². The van der Waals surface area contributed by atoms with E-state index in [0.717, 1.165) is 12.4 Å². The third-order valence-corrected chi connectivity index (χ3v) is 1.81. The number of nitrogens with one attached hydrogen (secondary N) is 1. The van der Waals surface area contributed by atoms with Gasteiger partial charge in [-0.1, -0.05) is 13.8 Å². The largest absolute Gasteiger partial charge is 0.370 e. The van der Waals surface area contributed by atoms with Crippen molar-refractivity contribution in [3.63, 3.8) is 0 Å². The highest BCUT2D eigenvalue weighted by molar-refractivity contribution is 5.38. The van der Waals surface area contributed by atoms with Crippen LogP contribution in [0.2, 0.25) is 0 Å². The summed E-state index contributed by atoms with van der Waals surface area (Å²) >= 11 is 0. The molecule has 1 aromatic heterocycles. The first-order chi connectivity index (χ1) is 5.74. The molecule has 0 aliphatic carbocycles. The second kappa shape index (κ2) is 4.10. The number of pyridine rings is 1. The zero-order chi connectivity index (χ0) is 8.97. The minimum Gasteiger partial charge on any atom is -0.370 e. The summed E-state index contributed by atoms with van der Waals surface area (Å²) in [5.41, 5.74) is 1.33. The number of hydrogen-bond donors (Lipinski definition) is 1. The Labute approximate surface area is 74.0 Å². The third-order valence-electron chi connectivity index (χ3n) is 1.81. The molecule has 0 bridgehead atoms. The van der Waals surface area contributed by atoms with E-state index >= 15 is 0 Å². The molecular formula is C10H16N2. The van der Waals surface area contributed by atoms with E-state index in [1.54, 1.807) is 0 Å². The maximum absolute atomic E-state index is 4.20. The molecule has 0 saturated heterocycles. The van der Waals surface area contributed by atoms with Crippen molar-refractivity contribution in [3.05, 3.63) is 23.9 Å². The molecule has 1 rings (SSSR count). The molecule has 0 spiro atoms. The fourth-order valence-electron chi connectivity index (χ4n) is 1.08. The van der Waals surface area contributed by atoms with Crippen LogP contribution in [0.15, 0.2) is 18.3 Å². The van der Waals surface area contributed by atoms with Crippen LogP contribution in [-0.2, 0) is 0 Å². The van der Waals surface area contributed by atoms with E-state index in [1.165, 1.54) is 5.56 Å². The first-order valence-corrected chi connectivity index (χ1v) is 4.44. The van der Waals surface area contributed by atoms with Crippen molar-refractivity contribution in [3.8, 4) is 0 Å². The van der Waals surface area contributed by atoms with Gasteiger partial charge in [0.05, 0.1) is 0 Å². The Morgan fingerprint density at radius 1 is 1.50 bits per heavy atom. The monoisotopic (exact) mass is 164 g/mol. The van der Waals surface area contributed by atoms with Crippen LogP contribution in [0.1, 0.15) is 32.3 Å². The predicted molar refractivity (Wildman–Crippen MR) is 52.5 cm³/mol. The van der Waals surface area contributed by atoms with Crippen LogP contribution in [0.25, 0.3) is 0 Å². The second-order valence-corrected chi connectivity index (χ2v) is 3.16. The van der Waals surface area contributed by atoms with Gasteiger partial charge in [-0.25, -0.2) is 4.98 Å². The first kappa shape index (κ1) is 9.04. The summed E-state index contributed by atoms with van der Waals surface area (Å²) < 4.78 is 0. The van der Waals surface area contributed by atoms with E-state index in [9.17, 15) is 0 Å². The van der Waals surface area contributed by atoms with Crippen LogP contribution >= 0.6 is 0 Å². The van der Waals surface area contributed by atoms with Gasteiger partial charge in [0.2, 0.25) is 0 Å². The Morgan fingerprint density at radius 2 is 2.25 bits per heavy atom. The quantitative estimate of drug-likeness (QED) is 0.742. The van der Waals surface area contributed by atoms with E-state index in [1.807, 2.05) is 6.20 Å². The minimum absolute atomic E-state index is 0.574. The van der Waals surface area contributed by atoms with Gasteiger partial charge in [0.1, 0.15) is 5.82 Å². The number of anilines is 1. The van der Waals surface area contributed by atoms with Crippen LogP contribution in [0.3, 0.4) is 0 Å². The van der Waals surface area contributed by atoms with Crippen molar-refractivity contribution < 1.29 is 0 Å². The number of nitrogens with zero attached hydrogens (tertiary/aromatic N) is 1. The van der Waals surface area contributed by atoms with Gasteiger partial charge in [-0.15, -0.1) is 0 Å². The topological polar surface area (TPSA) is 24.9 Å². The molecule has 12 heavy (non-hydrogen) atoms. The zero-order valence-electron chi connectivity index (χ0n) is 7.96. The van der Waals surface area contributed by atoms with Crippen molar-refractivity contribution in [2.75, 3.05) is 11.9 Å². The standard InChI is InChI=1S/C10H16N2/c1-4-11-10-7-9(8(2)3)5-6-12-10/h5-8H,4H2,1-3H3,(H,11,12). The third kappa shape index (κ3) is 2.22. The van der Waals surface area contributed by atoms with Crippen molar-refractivity contribution >= 4 is 5.82 Å². The summed E-state index contributed by atoms with van der Waals surface area (Å²) in [6.45, 7) is 7.37. The maximum Gasteiger partial charge on any atom is 0.126 e. The number of aromatic nitrogens is 1. The number of rotatable bonds is 3. The fourth-order valence-corrected chi connectivity index (χ4v) is 1.08. The smallest absolute Gasteiger partial charge is 0.126 e. The lowest BCUT2D eigenvalue weighted by Gasteiger charge is -2.07. The van der Waals surface area contributed by atoms with Crippen LogP contribution in [0, 0.1) is 0 Å². The molecule has 2 heteroatoms. The molecule has 0 saturated carbocycles. The van der Waals surface area contributed by atoms with Gasteiger partial charge in [0, 0.05) is 12.7 Å². The predicted octanol–water partition coefficient (Wildman–Crippen LogP) is 2.64. The van der Waals surface area contributed by atoms with Crippen LogP contribution in [-0.4, -0.2) is 11.5 Å². The molecule has 1 aromatic rings. The molecule has 0 fully saturated rings. The van der Waals surface area contributed by atoms with E-state index in [2.05, 4.69) is 43.2 Å². The Kier molecular flexibility index (Phi) is 3.09. The van der Waals surface area contributed by atoms with Gasteiger partial charge in [-0.05, 0) is 30.5 Å². The Bertz CT molecular complexity index is 243. The normalized spacial score (nSPS) is 10.3. The molecule has 0 radical (unpaired) electrons. The van der Waals surface area contributed by atoms with Gasteiger partial charge in [0.25, 0.3) is 0 Å². The Balaban J connectivity index is 2.81. The van der Waals surface area contributed by atoms with E-state index in [4.69, 9.17) is 0 Å². The molecule has 0 atom stereocenters. The molecule has 0 aliphatic rings. The lowest BCUT2D eigenvalue weighted by Crippen LogP contribution is -2.00. The SMILES string of the molecule is CCNc1cc(C(C)C)ccn1. The summed E-state index contributed by atoms with van der Waals surface area (Å²) in [4.78, 5) is 4.20. The van der Waals surface area contributed by atoms with Crippen LogP contribution in [0.5, 0.6) is 0 Å². The van der Waals surface area contributed by atoms with Gasteiger partial charge in [-0.2, -0.15) is 0 Å². The zero-order valence-corrected chi connectivity index (χ0v) is 7.96. The van der Waals surface area contributed by atoms with Gasteiger partial charge in [0.15, 0.2) is 0 Å². The second-order valence-electron chi connectivity index (χ2n) is 3.16. The van der Waals surface area contributed by atoms with E-state index < -0.39 is 0 Å². The Morgan fingerprint density at radius 3 is 2.83 bits per heavy atom. The molecule has 66 valence electrons. The van der Waals surface area contributed by atoms with Crippen molar-refractivity contribution in [1.82, 2.24) is 4.98 Å². The van der Waals surface area contributed by atoms with Crippen molar-refractivity contribution in [1.29, 1.82) is 0 Å². The highest BCUT2D eigenvalue weighted by Gasteiger charge is 1.99. The summed E-state index contributed by atoms with van der Waals surface area (Å²) in [5.74, 6) is 1.55. The first-order valence-electron chi connectivity index (χ1n) is 4.44. The maximum atomic E-state index is 4.20. The highest BCUT2D eigenvalue weighted by atomic mass is 15.0. The minimum atomic E-state index is 0.574. The average Bonchev–Trinajstić information content (AvgIpc) is 2.05. The van der Waals surface area contributed by atoms with E-state index in [-0.39, 0.29) is 0 Å². The molecule has 0 aromatic carbocycles. The Hall–Kier alpha value is -1.05. The lowest BCUT2D eigenvalue weighted by molar-refractivity contribution is 0.863. The molecule has 0 aliphatic heterocycles. The molecule has 1 heterocycles. The van der Waals surface area contributed by atoms with Gasteiger partial charge in [-0.3, -0.25) is 0 Å². The summed E-state index contributed by atoms with van der Waals surface area (Å²) in [5, 5.41) is 3.19. The van der Waals surface area contributed by atoms with Gasteiger partial charge < -0.3 is 5.32 Å². The molecule has 0 amide bonds. The molecule has 0 unspecified atom stereocenters. The van der Waals surface area contributed by atoms with E-state index in [0.29, 0.717) is 5.92 Å². The van der Waals surface area contributed by atoms with Gasteiger partial charge >= 0.3 is 0 Å². The fraction of sp³-hybridized carbons (Fsp3) is 0.500. The van der Waals surface area contributed by atoms with Crippen LogP contribution in [0.4, 0.5) is 5.82 Å². The summed E-state index contributed by atoms with van der Waals surface area (Å²) in [7, 11) is 0. The average molecular weight is 164 g/mol. The van der Waals surface area contributed by atoms with Crippen molar-refractivity contribution in [2.45, 2.75) is 26.7 Å².